The molecular weight excluding hydrogens is 330 g/mol. The Morgan fingerprint density at radius 3 is 2.42 bits per heavy atom. The Bertz CT molecular complexity index is 745. The molecule has 0 fully saturated rings. The molecule has 0 saturated heterocycles. The molecule has 0 amide bonds. The van der Waals surface area contributed by atoms with Crippen LogP contribution in [0.4, 0.5) is 0 Å². The summed E-state index contributed by atoms with van der Waals surface area (Å²) in [6, 6.07) is 3.67. The molecule has 24 heavy (non-hydrogen) atoms. The fourth-order valence-electron chi connectivity index (χ4n) is 2.99. The van der Waals surface area contributed by atoms with Crippen LogP contribution in [0.1, 0.15) is 29.3 Å². The molecule has 1 unspecified atom stereocenters. The van der Waals surface area contributed by atoms with Gasteiger partial charge in [0.25, 0.3) is 0 Å². The van der Waals surface area contributed by atoms with Crippen molar-refractivity contribution in [3.63, 3.8) is 0 Å². The summed E-state index contributed by atoms with van der Waals surface area (Å²) in [5, 5.41) is 10.2. The number of hydrogen-bond donors (Lipinski definition) is 1. The SMILES string of the molecule is COc1cc(-c2nc3c(s2)CCCC3C(=O)O)cc(OC)c1OC. The molecule has 0 spiro atoms. The molecule has 2 aromatic rings. The number of nitrogens with zero attached hydrogens (tertiary/aromatic N) is 1. The highest BCUT2D eigenvalue weighted by molar-refractivity contribution is 7.15. The average molecular weight is 349 g/mol. The largest absolute Gasteiger partial charge is 0.493 e. The molecule has 128 valence electrons. The van der Waals surface area contributed by atoms with Gasteiger partial charge in [-0.2, -0.15) is 0 Å². The Kier molecular flexibility index (Phi) is 4.62. The zero-order chi connectivity index (χ0) is 17.3. The molecule has 0 radical (unpaired) electrons. The van der Waals surface area contributed by atoms with E-state index in [-0.39, 0.29) is 0 Å². The van der Waals surface area contributed by atoms with Gasteiger partial charge in [-0.15, -0.1) is 11.3 Å². The number of carbonyl (C=O) groups is 1. The first kappa shape index (κ1) is 16.6. The second-order valence-electron chi connectivity index (χ2n) is 5.52. The lowest BCUT2D eigenvalue weighted by Gasteiger charge is -2.16. The average Bonchev–Trinajstić information content (AvgIpc) is 3.04. The van der Waals surface area contributed by atoms with Crippen LogP contribution < -0.4 is 14.2 Å². The molecule has 0 aliphatic heterocycles. The summed E-state index contributed by atoms with van der Waals surface area (Å²) in [6.45, 7) is 0. The maximum Gasteiger partial charge on any atom is 0.312 e. The van der Waals surface area contributed by atoms with E-state index in [2.05, 4.69) is 4.98 Å². The standard InChI is InChI=1S/C17H19NO5S/c1-21-11-7-9(8-12(22-2)15(11)23-3)16-18-14-10(17(19)20)5-4-6-13(14)24-16/h7-8,10H,4-6H2,1-3H3,(H,19,20). The summed E-state index contributed by atoms with van der Waals surface area (Å²) in [5.41, 5.74) is 1.52. The van der Waals surface area contributed by atoms with Crippen LogP contribution >= 0.6 is 11.3 Å². The van der Waals surface area contributed by atoms with Crippen molar-refractivity contribution in [1.29, 1.82) is 0 Å². The lowest BCUT2D eigenvalue weighted by molar-refractivity contribution is -0.139. The smallest absolute Gasteiger partial charge is 0.312 e. The first-order chi connectivity index (χ1) is 11.6. The number of hydrogen-bond acceptors (Lipinski definition) is 6. The van der Waals surface area contributed by atoms with E-state index in [0.717, 1.165) is 28.3 Å². The predicted octanol–water partition coefficient (Wildman–Crippen LogP) is 3.34. The van der Waals surface area contributed by atoms with Gasteiger partial charge in [-0.1, -0.05) is 0 Å². The van der Waals surface area contributed by atoms with Crippen LogP contribution in [0.5, 0.6) is 17.2 Å². The summed E-state index contributed by atoms with van der Waals surface area (Å²) in [7, 11) is 4.68. The van der Waals surface area contributed by atoms with E-state index in [1.807, 2.05) is 12.1 Å². The second kappa shape index (κ2) is 6.68. The number of methoxy groups -OCH3 is 3. The Labute approximate surface area is 144 Å². The lowest BCUT2D eigenvalue weighted by Crippen LogP contribution is -2.17. The van der Waals surface area contributed by atoms with Gasteiger partial charge >= 0.3 is 5.97 Å². The summed E-state index contributed by atoms with van der Waals surface area (Å²) in [6.07, 6.45) is 2.39. The van der Waals surface area contributed by atoms with Crippen LogP contribution in [0, 0.1) is 0 Å². The first-order valence-electron chi connectivity index (χ1n) is 7.61. The van der Waals surface area contributed by atoms with Crippen molar-refractivity contribution in [3.05, 3.63) is 22.7 Å². The third kappa shape index (κ3) is 2.80. The van der Waals surface area contributed by atoms with Gasteiger partial charge < -0.3 is 19.3 Å². The first-order valence-corrected chi connectivity index (χ1v) is 8.43. The van der Waals surface area contributed by atoms with Crippen molar-refractivity contribution in [2.45, 2.75) is 25.2 Å². The number of aryl methyl sites for hydroxylation is 1. The van der Waals surface area contributed by atoms with Gasteiger partial charge in [0.15, 0.2) is 11.5 Å². The molecule has 1 atom stereocenters. The Balaban J connectivity index is 2.08. The van der Waals surface area contributed by atoms with E-state index in [4.69, 9.17) is 14.2 Å². The molecule has 7 heteroatoms. The van der Waals surface area contributed by atoms with Gasteiger partial charge in [0, 0.05) is 10.4 Å². The van der Waals surface area contributed by atoms with Crippen molar-refractivity contribution < 1.29 is 24.1 Å². The number of aromatic nitrogens is 1. The van der Waals surface area contributed by atoms with Crippen molar-refractivity contribution in [1.82, 2.24) is 4.98 Å². The van der Waals surface area contributed by atoms with Crippen LogP contribution in [0.2, 0.25) is 0 Å². The maximum atomic E-state index is 11.5. The Hall–Kier alpha value is -2.28. The highest BCUT2D eigenvalue weighted by Crippen LogP contribution is 2.44. The minimum absolute atomic E-state index is 0.513. The summed E-state index contributed by atoms with van der Waals surface area (Å²) >= 11 is 1.54. The van der Waals surface area contributed by atoms with E-state index < -0.39 is 11.9 Å². The van der Waals surface area contributed by atoms with Gasteiger partial charge in [0.1, 0.15) is 5.01 Å². The fraction of sp³-hybridized carbons (Fsp3) is 0.412. The summed E-state index contributed by atoms with van der Waals surface area (Å²) < 4.78 is 16.1. The van der Waals surface area contributed by atoms with Crippen LogP contribution in [-0.4, -0.2) is 37.4 Å². The Morgan fingerprint density at radius 2 is 1.88 bits per heavy atom. The van der Waals surface area contributed by atoms with Crippen LogP contribution in [0.15, 0.2) is 12.1 Å². The normalized spacial score (nSPS) is 16.4. The van der Waals surface area contributed by atoms with E-state index >= 15 is 0 Å². The minimum atomic E-state index is -0.808. The van der Waals surface area contributed by atoms with E-state index in [9.17, 15) is 9.90 Å². The highest BCUT2D eigenvalue weighted by atomic mass is 32.1. The molecule has 0 bridgehead atoms. The van der Waals surface area contributed by atoms with Crippen molar-refractivity contribution in [2.75, 3.05) is 21.3 Å². The minimum Gasteiger partial charge on any atom is -0.493 e. The predicted molar refractivity (Wildman–Crippen MR) is 90.5 cm³/mol. The molecule has 0 saturated carbocycles. The van der Waals surface area contributed by atoms with E-state index in [1.54, 1.807) is 21.3 Å². The van der Waals surface area contributed by atoms with Crippen LogP contribution in [0.3, 0.4) is 0 Å². The van der Waals surface area contributed by atoms with Gasteiger partial charge in [-0.25, -0.2) is 4.98 Å². The summed E-state index contributed by atoms with van der Waals surface area (Å²) in [4.78, 5) is 17.1. The molecule has 3 rings (SSSR count). The molecule has 1 N–H and O–H groups in total. The number of carboxylic acids is 1. The highest BCUT2D eigenvalue weighted by Gasteiger charge is 2.30. The zero-order valence-electron chi connectivity index (χ0n) is 13.8. The van der Waals surface area contributed by atoms with Gasteiger partial charge in [-0.3, -0.25) is 4.79 Å². The molecule has 1 aliphatic carbocycles. The number of thiazole rings is 1. The van der Waals surface area contributed by atoms with E-state index in [0.29, 0.717) is 29.4 Å². The second-order valence-corrected chi connectivity index (χ2v) is 6.61. The zero-order valence-corrected chi connectivity index (χ0v) is 14.6. The number of aliphatic carboxylic acids is 1. The molecule has 6 nitrogen and oxygen atoms in total. The van der Waals surface area contributed by atoms with Crippen molar-refractivity contribution in [3.8, 4) is 27.8 Å². The number of benzene rings is 1. The van der Waals surface area contributed by atoms with Crippen LogP contribution in [0.25, 0.3) is 10.6 Å². The monoisotopic (exact) mass is 349 g/mol. The van der Waals surface area contributed by atoms with E-state index in [1.165, 1.54) is 11.3 Å². The van der Waals surface area contributed by atoms with Gasteiger partial charge in [-0.05, 0) is 31.4 Å². The maximum absolute atomic E-state index is 11.5. The van der Waals surface area contributed by atoms with Crippen molar-refractivity contribution in [2.24, 2.45) is 0 Å². The molecular formula is C17H19NO5S. The lowest BCUT2D eigenvalue weighted by atomic mass is 9.91. The topological polar surface area (TPSA) is 77.9 Å². The van der Waals surface area contributed by atoms with Crippen LogP contribution in [-0.2, 0) is 11.2 Å². The Morgan fingerprint density at radius 1 is 1.21 bits per heavy atom. The number of rotatable bonds is 5. The molecule has 1 aromatic carbocycles. The summed E-state index contributed by atoms with van der Waals surface area (Å²) in [5.74, 6) is 0.302. The van der Waals surface area contributed by atoms with Gasteiger partial charge in [0.2, 0.25) is 5.75 Å². The molecule has 1 aromatic heterocycles. The number of carboxylic acid groups (broad SMARTS) is 1. The molecule has 1 heterocycles. The number of fused-ring (bicyclic) bond motifs is 1. The third-order valence-electron chi connectivity index (χ3n) is 4.16. The van der Waals surface area contributed by atoms with Gasteiger partial charge in [0.05, 0.1) is 32.9 Å². The fourth-order valence-corrected chi connectivity index (χ4v) is 4.14. The molecule has 1 aliphatic rings. The third-order valence-corrected chi connectivity index (χ3v) is 5.34. The number of ether oxygens (including phenoxy) is 3. The quantitative estimate of drug-likeness (QED) is 0.892. The van der Waals surface area contributed by atoms with Crippen molar-refractivity contribution >= 4 is 17.3 Å².